The van der Waals surface area contributed by atoms with Gasteiger partial charge in [0.1, 0.15) is 0 Å². The second-order valence-electron chi connectivity index (χ2n) is 7.44. The van der Waals surface area contributed by atoms with Gasteiger partial charge in [0.25, 0.3) is 0 Å². The van der Waals surface area contributed by atoms with Gasteiger partial charge >= 0.3 is 0 Å². The smallest absolute Gasteiger partial charge is 0.227 e. The van der Waals surface area contributed by atoms with Crippen LogP contribution in [0.4, 0.5) is 5.69 Å². The van der Waals surface area contributed by atoms with Crippen molar-refractivity contribution in [2.24, 2.45) is 5.92 Å². The summed E-state index contributed by atoms with van der Waals surface area (Å²) in [6.45, 7) is 2.00. The van der Waals surface area contributed by atoms with Crippen LogP contribution in [0.2, 0.25) is 0 Å². The molecule has 0 radical (unpaired) electrons. The SMILES string of the molecule is CC(NC(=O)CCC1Cc2ccccc2NC1=O)c1cccc2ccccc12. The highest BCUT2D eigenvalue weighted by Gasteiger charge is 2.26. The van der Waals surface area contributed by atoms with E-state index >= 15 is 0 Å². The lowest BCUT2D eigenvalue weighted by Gasteiger charge is -2.24. The molecule has 0 aromatic heterocycles. The Labute approximate surface area is 165 Å². The fourth-order valence-corrected chi connectivity index (χ4v) is 3.97. The summed E-state index contributed by atoms with van der Waals surface area (Å²) in [5.41, 5.74) is 3.13. The van der Waals surface area contributed by atoms with Crippen LogP contribution in [0.15, 0.2) is 66.7 Å². The number of rotatable bonds is 5. The van der Waals surface area contributed by atoms with Gasteiger partial charge in [-0.2, -0.15) is 0 Å². The van der Waals surface area contributed by atoms with Crippen molar-refractivity contribution in [2.45, 2.75) is 32.2 Å². The molecular formula is C24H24N2O2. The van der Waals surface area contributed by atoms with Gasteiger partial charge in [-0.25, -0.2) is 0 Å². The Morgan fingerprint density at radius 3 is 2.71 bits per heavy atom. The Kier molecular flexibility index (Phi) is 5.11. The molecule has 3 aromatic carbocycles. The Hall–Kier alpha value is -3.14. The number of carbonyl (C=O) groups is 2. The Balaban J connectivity index is 1.37. The highest BCUT2D eigenvalue weighted by atomic mass is 16.2. The molecule has 0 bridgehead atoms. The maximum absolute atomic E-state index is 12.5. The molecule has 3 aromatic rings. The first-order valence-electron chi connectivity index (χ1n) is 9.77. The van der Waals surface area contributed by atoms with Gasteiger partial charge in [0.15, 0.2) is 0 Å². The number of fused-ring (bicyclic) bond motifs is 2. The molecule has 142 valence electrons. The minimum atomic E-state index is -0.159. The molecule has 4 nitrogen and oxygen atoms in total. The summed E-state index contributed by atoms with van der Waals surface area (Å²) in [5, 5.41) is 8.36. The van der Waals surface area contributed by atoms with E-state index in [1.165, 1.54) is 5.39 Å². The number of benzene rings is 3. The van der Waals surface area contributed by atoms with Crippen LogP contribution in [0.25, 0.3) is 10.8 Å². The van der Waals surface area contributed by atoms with Gasteiger partial charge in [-0.15, -0.1) is 0 Å². The van der Waals surface area contributed by atoms with Crippen LogP contribution >= 0.6 is 0 Å². The van der Waals surface area contributed by atoms with Crippen molar-refractivity contribution in [2.75, 3.05) is 5.32 Å². The number of nitrogens with one attached hydrogen (secondary N) is 2. The average molecular weight is 372 g/mol. The second-order valence-corrected chi connectivity index (χ2v) is 7.44. The number of anilines is 1. The molecule has 2 atom stereocenters. The predicted molar refractivity (Wildman–Crippen MR) is 112 cm³/mol. The molecule has 0 fully saturated rings. The van der Waals surface area contributed by atoms with Gasteiger partial charge in [-0.05, 0) is 47.7 Å². The Morgan fingerprint density at radius 1 is 1.07 bits per heavy atom. The van der Waals surface area contributed by atoms with E-state index in [-0.39, 0.29) is 23.8 Å². The van der Waals surface area contributed by atoms with E-state index in [0.717, 1.165) is 22.2 Å². The number of para-hydroxylation sites is 1. The van der Waals surface area contributed by atoms with Crippen molar-refractivity contribution in [3.05, 3.63) is 77.9 Å². The van der Waals surface area contributed by atoms with E-state index in [0.29, 0.717) is 19.3 Å². The largest absolute Gasteiger partial charge is 0.350 e. The topological polar surface area (TPSA) is 58.2 Å². The number of hydrogen-bond acceptors (Lipinski definition) is 2. The molecule has 0 spiro atoms. The lowest BCUT2D eigenvalue weighted by atomic mass is 9.89. The lowest BCUT2D eigenvalue weighted by molar-refractivity contribution is -0.123. The summed E-state index contributed by atoms with van der Waals surface area (Å²) < 4.78 is 0. The van der Waals surface area contributed by atoms with Crippen molar-refractivity contribution in [1.29, 1.82) is 0 Å². The van der Waals surface area contributed by atoms with Gasteiger partial charge in [0.2, 0.25) is 11.8 Å². The first kappa shape index (κ1) is 18.2. The molecular weight excluding hydrogens is 348 g/mol. The lowest BCUT2D eigenvalue weighted by Crippen LogP contribution is -2.32. The zero-order chi connectivity index (χ0) is 19.5. The molecule has 0 saturated carbocycles. The number of carbonyl (C=O) groups excluding carboxylic acids is 2. The zero-order valence-electron chi connectivity index (χ0n) is 15.9. The number of amides is 2. The Morgan fingerprint density at radius 2 is 1.82 bits per heavy atom. The van der Waals surface area contributed by atoms with Crippen LogP contribution in [-0.2, 0) is 16.0 Å². The molecule has 0 saturated heterocycles. The van der Waals surface area contributed by atoms with Gasteiger partial charge in [-0.3, -0.25) is 9.59 Å². The van der Waals surface area contributed by atoms with E-state index in [9.17, 15) is 9.59 Å². The Bertz CT molecular complexity index is 1020. The highest BCUT2D eigenvalue weighted by molar-refractivity contribution is 5.96. The van der Waals surface area contributed by atoms with Crippen LogP contribution in [-0.4, -0.2) is 11.8 Å². The van der Waals surface area contributed by atoms with Crippen LogP contribution in [0.5, 0.6) is 0 Å². The number of hydrogen-bond donors (Lipinski definition) is 2. The van der Waals surface area contributed by atoms with E-state index < -0.39 is 0 Å². The summed E-state index contributed by atoms with van der Waals surface area (Å²) in [5.74, 6) is -0.172. The first-order chi connectivity index (χ1) is 13.6. The van der Waals surface area contributed by atoms with Crippen molar-refractivity contribution in [1.82, 2.24) is 5.32 Å². The molecule has 4 heteroatoms. The zero-order valence-corrected chi connectivity index (χ0v) is 15.9. The molecule has 0 aliphatic carbocycles. The van der Waals surface area contributed by atoms with Crippen molar-refractivity contribution in [3.8, 4) is 0 Å². The van der Waals surface area contributed by atoms with Gasteiger partial charge in [0, 0.05) is 18.0 Å². The molecule has 28 heavy (non-hydrogen) atoms. The minimum Gasteiger partial charge on any atom is -0.350 e. The van der Waals surface area contributed by atoms with Gasteiger partial charge in [0.05, 0.1) is 6.04 Å². The van der Waals surface area contributed by atoms with E-state index in [2.05, 4.69) is 34.9 Å². The van der Waals surface area contributed by atoms with Crippen LogP contribution in [0, 0.1) is 5.92 Å². The third kappa shape index (κ3) is 3.77. The third-order valence-corrected chi connectivity index (χ3v) is 5.50. The second kappa shape index (κ2) is 7.85. The summed E-state index contributed by atoms with van der Waals surface area (Å²) in [7, 11) is 0. The molecule has 1 aliphatic heterocycles. The van der Waals surface area contributed by atoms with Crippen molar-refractivity contribution < 1.29 is 9.59 Å². The van der Waals surface area contributed by atoms with Gasteiger partial charge in [-0.1, -0.05) is 60.7 Å². The van der Waals surface area contributed by atoms with Crippen molar-refractivity contribution in [3.63, 3.8) is 0 Å². The van der Waals surface area contributed by atoms with E-state index in [4.69, 9.17) is 0 Å². The van der Waals surface area contributed by atoms with Crippen LogP contribution < -0.4 is 10.6 Å². The molecule has 2 N–H and O–H groups in total. The molecule has 1 aliphatic rings. The summed E-state index contributed by atoms with van der Waals surface area (Å²) in [6.07, 6.45) is 1.58. The monoisotopic (exact) mass is 372 g/mol. The quantitative estimate of drug-likeness (QED) is 0.687. The van der Waals surface area contributed by atoms with Crippen LogP contribution in [0.1, 0.15) is 36.9 Å². The highest BCUT2D eigenvalue weighted by Crippen LogP contribution is 2.28. The minimum absolute atomic E-state index is 0.00796. The summed E-state index contributed by atoms with van der Waals surface area (Å²) in [6, 6.07) is 22.1. The van der Waals surface area contributed by atoms with Crippen LogP contribution in [0.3, 0.4) is 0 Å². The fourth-order valence-electron chi connectivity index (χ4n) is 3.97. The van der Waals surface area contributed by atoms with E-state index in [1.807, 2.05) is 49.4 Å². The fraction of sp³-hybridized carbons (Fsp3) is 0.250. The normalized spacial score (nSPS) is 16.9. The maximum atomic E-state index is 12.5. The van der Waals surface area contributed by atoms with E-state index in [1.54, 1.807) is 0 Å². The predicted octanol–water partition coefficient (Wildman–Crippen LogP) is 4.61. The molecule has 2 amide bonds. The standard InChI is InChI=1S/C24H24N2O2/c1-16(20-11-6-9-17-7-2-4-10-21(17)20)25-23(27)14-13-19-15-18-8-3-5-12-22(18)26-24(19)28/h2-12,16,19H,13-15H2,1H3,(H,25,27)(H,26,28). The van der Waals surface area contributed by atoms with Crippen molar-refractivity contribution >= 4 is 28.3 Å². The maximum Gasteiger partial charge on any atom is 0.227 e. The summed E-state index contributed by atoms with van der Waals surface area (Å²) in [4.78, 5) is 24.8. The molecule has 1 heterocycles. The van der Waals surface area contributed by atoms with Gasteiger partial charge < -0.3 is 10.6 Å². The molecule has 2 unspecified atom stereocenters. The summed E-state index contributed by atoms with van der Waals surface area (Å²) >= 11 is 0. The third-order valence-electron chi connectivity index (χ3n) is 5.50. The molecule has 4 rings (SSSR count). The first-order valence-corrected chi connectivity index (χ1v) is 9.77. The average Bonchev–Trinajstić information content (AvgIpc) is 2.71.